The minimum atomic E-state index is -0.692. The Hall–Kier alpha value is -1.42. The number of carbonyl (C=O) groups is 1. The number of aromatic nitrogens is 1. The number of rotatable bonds is 3. The number of aryl methyl sites for hydroxylation is 1. The molecule has 0 unspecified atom stereocenters. The van der Waals surface area contributed by atoms with Gasteiger partial charge in [-0.2, -0.15) is 0 Å². The summed E-state index contributed by atoms with van der Waals surface area (Å²) in [6, 6.07) is 5.79. The molecule has 0 spiro atoms. The van der Waals surface area contributed by atoms with Crippen molar-refractivity contribution in [2.24, 2.45) is 5.41 Å². The highest BCUT2D eigenvalue weighted by Crippen LogP contribution is 2.32. The van der Waals surface area contributed by atoms with Crippen LogP contribution in [0.5, 0.6) is 0 Å². The highest BCUT2D eigenvalue weighted by Gasteiger charge is 2.39. The van der Waals surface area contributed by atoms with Crippen LogP contribution in [0.4, 0.5) is 0 Å². The number of hydrogen-bond acceptors (Lipinski definition) is 3. The lowest BCUT2D eigenvalue weighted by Crippen LogP contribution is -2.43. The van der Waals surface area contributed by atoms with E-state index in [4.69, 9.17) is 0 Å². The van der Waals surface area contributed by atoms with Crippen LogP contribution in [0.25, 0.3) is 0 Å². The average Bonchev–Trinajstić information content (AvgIpc) is 2.30. The summed E-state index contributed by atoms with van der Waals surface area (Å²) in [5.74, 6) is -0.692. The van der Waals surface area contributed by atoms with Crippen molar-refractivity contribution < 1.29 is 9.90 Å². The minimum Gasteiger partial charge on any atom is -0.481 e. The van der Waals surface area contributed by atoms with Gasteiger partial charge in [0.25, 0.3) is 0 Å². The lowest BCUT2D eigenvalue weighted by atomic mass is 9.75. The molecule has 1 aromatic heterocycles. The number of nitrogens with zero attached hydrogens (tertiary/aromatic N) is 1. The van der Waals surface area contributed by atoms with E-state index in [1.54, 1.807) is 0 Å². The molecule has 2 N–H and O–H groups in total. The Labute approximate surface area is 101 Å². The van der Waals surface area contributed by atoms with Crippen LogP contribution >= 0.6 is 0 Å². The van der Waals surface area contributed by atoms with Crippen LogP contribution in [0.1, 0.15) is 24.2 Å². The Kier molecular flexibility index (Phi) is 3.43. The van der Waals surface area contributed by atoms with Gasteiger partial charge in [0.05, 0.1) is 5.41 Å². The molecule has 4 heteroatoms. The van der Waals surface area contributed by atoms with Gasteiger partial charge in [0.2, 0.25) is 0 Å². The molecule has 2 rings (SSSR count). The summed E-state index contributed by atoms with van der Waals surface area (Å²) >= 11 is 0. The number of aliphatic carboxylic acids is 1. The molecule has 1 aromatic rings. The van der Waals surface area contributed by atoms with Crippen LogP contribution in [0.15, 0.2) is 18.2 Å². The third-order valence-corrected chi connectivity index (χ3v) is 3.48. The maximum Gasteiger partial charge on any atom is 0.310 e. The number of pyridine rings is 1. The van der Waals surface area contributed by atoms with E-state index in [-0.39, 0.29) is 0 Å². The fourth-order valence-corrected chi connectivity index (χ4v) is 2.42. The van der Waals surface area contributed by atoms with E-state index in [0.717, 1.165) is 24.5 Å². The number of nitrogens with one attached hydrogen (secondary N) is 1. The quantitative estimate of drug-likeness (QED) is 0.829. The summed E-state index contributed by atoms with van der Waals surface area (Å²) in [5, 5.41) is 12.7. The molecule has 92 valence electrons. The molecular weight excluding hydrogens is 216 g/mol. The zero-order valence-electron chi connectivity index (χ0n) is 10.1. The molecule has 17 heavy (non-hydrogen) atoms. The Bertz CT molecular complexity index is 412. The fraction of sp³-hybridized carbons (Fsp3) is 0.538. The Balaban J connectivity index is 2.20. The zero-order chi connectivity index (χ0) is 12.3. The van der Waals surface area contributed by atoms with Gasteiger partial charge in [0.1, 0.15) is 0 Å². The van der Waals surface area contributed by atoms with Crippen molar-refractivity contribution in [1.82, 2.24) is 10.3 Å². The summed E-state index contributed by atoms with van der Waals surface area (Å²) < 4.78 is 0. The molecular formula is C13H18N2O2. The Morgan fingerprint density at radius 2 is 2.18 bits per heavy atom. The first kappa shape index (κ1) is 12.0. The smallest absolute Gasteiger partial charge is 0.310 e. The van der Waals surface area contributed by atoms with Gasteiger partial charge in [-0.1, -0.05) is 6.07 Å². The fourth-order valence-electron chi connectivity index (χ4n) is 2.42. The van der Waals surface area contributed by atoms with E-state index < -0.39 is 11.4 Å². The highest BCUT2D eigenvalue weighted by molar-refractivity contribution is 5.75. The van der Waals surface area contributed by atoms with Crippen LogP contribution in [0.3, 0.4) is 0 Å². The second-order valence-electron chi connectivity index (χ2n) is 4.78. The van der Waals surface area contributed by atoms with E-state index in [1.807, 2.05) is 25.1 Å². The summed E-state index contributed by atoms with van der Waals surface area (Å²) in [5.41, 5.74) is 1.19. The molecule has 0 bridgehead atoms. The topological polar surface area (TPSA) is 62.2 Å². The van der Waals surface area contributed by atoms with E-state index in [2.05, 4.69) is 10.3 Å². The Morgan fingerprint density at radius 1 is 1.47 bits per heavy atom. The van der Waals surface area contributed by atoms with Crippen LogP contribution in [0, 0.1) is 12.3 Å². The van der Waals surface area contributed by atoms with Crippen molar-refractivity contribution >= 4 is 5.97 Å². The van der Waals surface area contributed by atoms with Crippen molar-refractivity contribution in [3.63, 3.8) is 0 Å². The predicted molar refractivity (Wildman–Crippen MR) is 64.9 cm³/mol. The summed E-state index contributed by atoms with van der Waals surface area (Å²) in [6.45, 7) is 3.48. The van der Waals surface area contributed by atoms with Gasteiger partial charge in [-0.05, 0) is 45.0 Å². The largest absolute Gasteiger partial charge is 0.481 e. The number of carboxylic acid groups (broad SMARTS) is 1. The molecule has 0 amide bonds. The first-order valence-corrected chi connectivity index (χ1v) is 5.99. The van der Waals surface area contributed by atoms with E-state index in [0.29, 0.717) is 19.3 Å². The van der Waals surface area contributed by atoms with Gasteiger partial charge in [-0.15, -0.1) is 0 Å². The summed E-state index contributed by atoms with van der Waals surface area (Å²) in [7, 11) is 0. The molecule has 1 fully saturated rings. The molecule has 4 nitrogen and oxygen atoms in total. The summed E-state index contributed by atoms with van der Waals surface area (Å²) in [4.78, 5) is 15.9. The molecule has 1 saturated heterocycles. The van der Waals surface area contributed by atoms with Crippen LogP contribution in [-0.2, 0) is 11.2 Å². The average molecular weight is 234 g/mol. The number of hydrogen-bond donors (Lipinski definition) is 2. The van der Waals surface area contributed by atoms with E-state index in [9.17, 15) is 9.90 Å². The first-order chi connectivity index (χ1) is 8.12. The maximum absolute atomic E-state index is 11.5. The standard InChI is InChI=1S/C13H18N2O2/c1-10-3-2-4-11(15-10)9-13(12(16)17)5-7-14-8-6-13/h2-4,14H,5-9H2,1H3,(H,16,17). The molecule has 0 saturated carbocycles. The molecule has 0 radical (unpaired) electrons. The lowest BCUT2D eigenvalue weighted by molar-refractivity contribution is -0.150. The predicted octanol–water partition coefficient (Wildman–Crippen LogP) is 1.39. The molecule has 0 aliphatic carbocycles. The number of piperidine rings is 1. The molecule has 1 aliphatic rings. The van der Waals surface area contributed by atoms with Crippen molar-refractivity contribution in [3.05, 3.63) is 29.6 Å². The monoisotopic (exact) mass is 234 g/mol. The zero-order valence-corrected chi connectivity index (χ0v) is 10.1. The molecule has 0 aromatic carbocycles. The van der Waals surface area contributed by atoms with E-state index in [1.165, 1.54) is 0 Å². The highest BCUT2D eigenvalue weighted by atomic mass is 16.4. The normalized spacial score (nSPS) is 18.9. The van der Waals surface area contributed by atoms with Crippen LogP contribution in [0.2, 0.25) is 0 Å². The second kappa shape index (κ2) is 4.84. The molecule has 1 aliphatic heterocycles. The van der Waals surface area contributed by atoms with Crippen molar-refractivity contribution in [3.8, 4) is 0 Å². The minimum absolute atomic E-state index is 0.533. The van der Waals surface area contributed by atoms with Crippen LogP contribution in [-0.4, -0.2) is 29.1 Å². The Morgan fingerprint density at radius 3 is 2.76 bits per heavy atom. The van der Waals surface area contributed by atoms with Crippen molar-refractivity contribution in [1.29, 1.82) is 0 Å². The molecule has 0 atom stereocenters. The number of carboxylic acids is 1. The van der Waals surface area contributed by atoms with Gasteiger partial charge in [0.15, 0.2) is 0 Å². The maximum atomic E-state index is 11.5. The van der Waals surface area contributed by atoms with Gasteiger partial charge < -0.3 is 10.4 Å². The molecule has 2 heterocycles. The van der Waals surface area contributed by atoms with Crippen molar-refractivity contribution in [2.45, 2.75) is 26.2 Å². The van der Waals surface area contributed by atoms with Gasteiger partial charge in [-0.3, -0.25) is 9.78 Å². The van der Waals surface area contributed by atoms with Gasteiger partial charge in [0, 0.05) is 17.8 Å². The SMILES string of the molecule is Cc1cccc(CC2(C(=O)O)CCNCC2)n1. The van der Waals surface area contributed by atoms with Gasteiger partial charge >= 0.3 is 5.97 Å². The van der Waals surface area contributed by atoms with Crippen LogP contribution < -0.4 is 5.32 Å². The van der Waals surface area contributed by atoms with Gasteiger partial charge in [-0.25, -0.2) is 0 Å². The third-order valence-electron chi connectivity index (χ3n) is 3.48. The van der Waals surface area contributed by atoms with Crippen molar-refractivity contribution in [2.75, 3.05) is 13.1 Å². The van der Waals surface area contributed by atoms with E-state index >= 15 is 0 Å². The lowest BCUT2D eigenvalue weighted by Gasteiger charge is -2.33. The third kappa shape index (κ3) is 2.64. The summed E-state index contributed by atoms with van der Waals surface area (Å²) in [6.07, 6.45) is 1.89. The first-order valence-electron chi connectivity index (χ1n) is 5.99. The second-order valence-corrected chi connectivity index (χ2v) is 4.78.